The molecule has 2 saturated heterocycles. The Bertz CT molecular complexity index is 975. The Morgan fingerprint density at radius 3 is 2.71 bits per heavy atom. The van der Waals surface area contributed by atoms with Crippen LogP contribution in [0.25, 0.3) is 22.0 Å². The van der Waals surface area contributed by atoms with Crippen molar-refractivity contribution >= 4 is 16.7 Å². The van der Waals surface area contributed by atoms with Crippen molar-refractivity contribution in [3.05, 3.63) is 54.7 Å². The highest BCUT2D eigenvalue weighted by molar-refractivity contribution is 5.86. The zero-order chi connectivity index (χ0) is 18.9. The third kappa shape index (κ3) is 3.48. The lowest BCUT2D eigenvalue weighted by molar-refractivity contribution is 0.0513. The Balaban J connectivity index is 1.35. The Hall–Kier alpha value is -2.50. The summed E-state index contributed by atoms with van der Waals surface area (Å²) in [6.07, 6.45) is 4.83. The summed E-state index contributed by atoms with van der Waals surface area (Å²) in [4.78, 5) is 14.2. The Labute approximate surface area is 165 Å². The van der Waals surface area contributed by atoms with Gasteiger partial charge in [0.2, 0.25) is 5.95 Å². The summed E-state index contributed by atoms with van der Waals surface area (Å²) < 4.78 is 0. The molecular formula is C23H26N4O. The first-order valence-electron chi connectivity index (χ1n) is 10.3. The minimum Gasteiger partial charge on any atom is -0.392 e. The second kappa shape index (κ2) is 7.49. The number of rotatable bonds is 3. The van der Waals surface area contributed by atoms with Crippen molar-refractivity contribution in [1.29, 1.82) is 0 Å². The monoisotopic (exact) mass is 374 g/mol. The van der Waals surface area contributed by atoms with Crippen molar-refractivity contribution in [3.8, 4) is 11.3 Å². The van der Waals surface area contributed by atoms with Gasteiger partial charge in [0, 0.05) is 37.4 Å². The fraction of sp³-hybridized carbons (Fsp3) is 0.391. The number of fused-ring (bicyclic) bond motifs is 1. The number of anilines is 1. The van der Waals surface area contributed by atoms with Gasteiger partial charge in [-0.3, -0.25) is 4.90 Å². The summed E-state index contributed by atoms with van der Waals surface area (Å²) in [5.74, 6) is 0.811. The smallest absolute Gasteiger partial charge is 0.225 e. The van der Waals surface area contributed by atoms with Gasteiger partial charge >= 0.3 is 0 Å². The number of β-amino-alcohol motifs (C(OH)–C–C–N with tert-alkyl or cyclic N) is 1. The maximum absolute atomic E-state index is 9.98. The summed E-state index contributed by atoms with van der Waals surface area (Å²) in [5.41, 5.74) is 2.09. The highest BCUT2D eigenvalue weighted by Gasteiger charge is 2.31. The molecule has 3 heterocycles. The first-order valence-corrected chi connectivity index (χ1v) is 10.3. The van der Waals surface area contributed by atoms with Gasteiger partial charge in [0.05, 0.1) is 11.8 Å². The van der Waals surface area contributed by atoms with Crippen molar-refractivity contribution in [2.24, 2.45) is 0 Å². The predicted molar refractivity (Wildman–Crippen MR) is 112 cm³/mol. The summed E-state index contributed by atoms with van der Waals surface area (Å²) in [6, 6.07) is 17.4. The fourth-order valence-electron chi connectivity index (χ4n) is 4.55. The van der Waals surface area contributed by atoms with Gasteiger partial charge in [0.15, 0.2) is 0 Å². The maximum atomic E-state index is 9.98. The molecule has 0 radical (unpaired) electrons. The molecule has 1 unspecified atom stereocenters. The predicted octanol–water partition coefficient (Wildman–Crippen LogP) is 3.33. The molecule has 0 spiro atoms. The van der Waals surface area contributed by atoms with Crippen molar-refractivity contribution in [2.75, 3.05) is 31.1 Å². The summed E-state index contributed by atoms with van der Waals surface area (Å²) in [5, 5.41) is 12.4. The van der Waals surface area contributed by atoms with Crippen LogP contribution in [-0.2, 0) is 0 Å². The molecule has 2 aromatic carbocycles. The molecule has 0 amide bonds. The van der Waals surface area contributed by atoms with Crippen LogP contribution in [0.5, 0.6) is 0 Å². The van der Waals surface area contributed by atoms with E-state index in [0.717, 1.165) is 62.6 Å². The molecular weight excluding hydrogens is 348 g/mol. The number of aliphatic hydroxyl groups excluding tert-OH is 1. The number of aliphatic hydroxyl groups is 1. The van der Waals surface area contributed by atoms with Crippen molar-refractivity contribution < 1.29 is 5.11 Å². The molecule has 5 rings (SSSR count). The number of nitrogens with zero attached hydrogens (tertiary/aromatic N) is 4. The standard InChI is InChI=1S/C23H26N4O/c28-21-6-3-12-26(16-21)20-10-13-27(15-20)23-24-11-9-22(25-23)19-8-7-17-4-1-2-5-18(17)14-19/h1-2,4-5,7-9,11,14,20-21,28H,3,6,10,12-13,15-16H2/t20-,21?/m0/s1. The average Bonchev–Trinajstić information content (AvgIpc) is 3.24. The lowest BCUT2D eigenvalue weighted by Crippen LogP contribution is -2.45. The first kappa shape index (κ1) is 17.6. The molecule has 3 aromatic rings. The summed E-state index contributed by atoms with van der Waals surface area (Å²) in [7, 11) is 0. The van der Waals surface area contributed by atoms with E-state index in [9.17, 15) is 5.11 Å². The quantitative estimate of drug-likeness (QED) is 0.762. The molecule has 0 bridgehead atoms. The van der Waals surface area contributed by atoms with E-state index in [1.165, 1.54) is 10.8 Å². The van der Waals surface area contributed by atoms with Gasteiger partial charge in [-0.2, -0.15) is 0 Å². The van der Waals surface area contributed by atoms with Crippen molar-refractivity contribution in [1.82, 2.24) is 14.9 Å². The third-order valence-electron chi connectivity index (χ3n) is 6.08. The minimum absolute atomic E-state index is 0.171. The van der Waals surface area contributed by atoms with Gasteiger partial charge in [0.1, 0.15) is 0 Å². The van der Waals surface area contributed by atoms with Gasteiger partial charge < -0.3 is 10.0 Å². The largest absolute Gasteiger partial charge is 0.392 e. The van der Waals surface area contributed by atoms with E-state index in [1.54, 1.807) is 0 Å². The van der Waals surface area contributed by atoms with E-state index in [0.29, 0.717) is 6.04 Å². The summed E-state index contributed by atoms with van der Waals surface area (Å²) in [6.45, 7) is 3.80. The SMILES string of the molecule is OC1CCCN([C@H]2CCN(c3nccc(-c4ccc5ccccc5c4)n3)C2)C1. The minimum atomic E-state index is -0.171. The number of aromatic nitrogens is 2. The van der Waals surface area contributed by atoms with E-state index in [-0.39, 0.29) is 6.10 Å². The van der Waals surface area contributed by atoms with E-state index >= 15 is 0 Å². The number of piperidine rings is 1. The molecule has 5 heteroatoms. The molecule has 144 valence electrons. The van der Waals surface area contributed by atoms with Gasteiger partial charge in [-0.05, 0) is 48.7 Å². The van der Waals surface area contributed by atoms with E-state index in [4.69, 9.17) is 4.98 Å². The Kier molecular flexibility index (Phi) is 4.71. The highest BCUT2D eigenvalue weighted by atomic mass is 16.3. The van der Waals surface area contributed by atoms with Crippen LogP contribution < -0.4 is 4.90 Å². The van der Waals surface area contributed by atoms with Gasteiger partial charge in [-0.15, -0.1) is 0 Å². The Morgan fingerprint density at radius 1 is 0.929 bits per heavy atom. The molecule has 2 aliphatic rings. The molecule has 0 saturated carbocycles. The second-order valence-electron chi connectivity index (χ2n) is 7.98. The molecule has 5 nitrogen and oxygen atoms in total. The molecule has 2 fully saturated rings. The number of hydrogen-bond acceptors (Lipinski definition) is 5. The van der Waals surface area contributed by atoms with Crippen LogP contribution in [0.1, 0.15) is 19.3 Å². The lowest BCUT2D eigenvalue weighted by Gasteiger charge is -2.34. The number of likely N-dealkylation sites (tertiary alicyclic amines) is 1. The van der Waals surface area contributed by atoms with E-state index < -0.39 is 0 Å². The molecule has 0 aliphatic carbocycles. The van der Waals surface area contributed by atoms with Crippen molar-refractivity contribution in [3.63, 3.8) is 0 Å². The van der Waals surface area contributed by atoms with Gasteiger partial charge in [0.25, 0.3) is 0 Å². The van der Waals surface area contributed by atoms with E-state index in [2.05, 4.69) is 57.2 Å². The fourth-order valence-corrected chi connectivity index (χ4v) is 4.55. The normalized spacial score (nSPS) is 23.4. The molecule has 28 heavy (non-hydrogen) atoms. The summed E-state index contributed by atoms with van der Waals surface area (Å²) >= 11 is 0. The topological polar surface area (TPSA) is 52.5 Å². The Morgan fingerprint density at radius 2 is 1.82 bits per heavy atom. The molecule has 2 atom stereocenters. The van der Waals surface area contributed by atoms with Crippen molar-refractivity contribution in [2.45, 2.75) is 31.4 Å². The first-order chi connectivity index (χ1) is 13.8. The molecule has 1 aromatic heterocycles. The third-order valence-corrected chi connectivity index (χ3v) is 6.08. The molecule has 1 N–H and O–H groups in total. The van der Waals surface area contributed by atoms with Crippen LogP contribution in [0.2, 0.25) is 0 Å². The van der Waals surface area contributed by atoms with Crippen LogP contribution in [0.4, 0.5) is 5.95 Å². The van der Waals surface area contributed by atoms with E-state index in [1.807, 2.05) is 12.3 Å². The van der Waals surface area contributed by atoms with Crippen LogP contribution in [0.3, 0.4) is 0 Å². The van der Waals surface area contributed by atoms with Crippen LogP contribution in [-0.4, -0.2) is 58.3 Å². The van der Waals surface area contributed by atoms with Crippen LogP contribution in [0.15, 0.2) is 54.7 Å². The lowest BCUT2D eigenvalue weighted by atomic mass is 10.1. The maximum Gasteiger partial charge on any atom is 0.225 e. The number of benzene rings is 2. The van der Waals surface area contributed by atoms with Crippen LogP contribution in [0, 0.1) is 0 Å². The zero-order valence-electron chi connectivity index (χ0n) is 16.0. The number of hydrogen-bond donors (Lipinski definition) is 1. The molecule has 2 aliphatic heterocycles. The van der Waals surface area contributed by atoms with Gasteiger partial charge in [-0.1, -0.05) is 36.4 Å². The van der Waals surface area contributed by atoms with Gasteiger partial charge in [-0.25, -0.2) is 9.97 Å². The van der Waals surface area contributed by atoms with Crippen LogP contribution >= 0.6 is 0 Å². The highest BCUT2D eigenvalue weighted by Crippen LogP contribution is 2.26. The zero-order valence-corrected chi connectivity index (χ0v) is 16.0. The second-order valence-corrected chi connectivity index (χ2v) is 7.98. The average molecular weight is 374 g/mol.